The molecule has 37 heavy (non-hydrogen) atoms. The number of hydrogen-bond donors (Lipinski definition) is 6. The number of phenols is 1. The summed E-state index contributed by atoms with van der Waals surface area (Å²) in [5, 5.41) is 44.8. The molecule has 3 aromatic carbocycles. The molecule has 8 nitrogen and oxygen atoms in total. The Hall–Kier alpha value is -3.72. The minimum atomic E-state index is -0.988. The van der Waals surface area contributed by atoms with Gasteiger partial charge in [-0.3, -0.25) is 4.79 Å². The van der Waals surface area contributed by atoms with Gasteiger partial charge in [0, 0.05) is 18.2 Å². The second-order valence-electron chi connectivity index (χ2n) is 9.29. The average Bonchev–Trinajstić information content (AvgIpc) is 2.87. The lowest BCUT2D eigenvalue weighted by molar-refractivity contribution is -0.121. The van der Waals surface area contributed by atoms with E-state index in [1.807, 2.05) is 38.1 Å². The quantitative estimate of drug-likeness (QED) is 0.222. The van der Waals surface area contributed by atoms with Crippen LogP contribution in [0.15, 0.2) is 66.7 Å². The van der Waals surface area contributed by atoms with Gasteiger partial charge in [0.15, 0.2) is 0 Å². The molecular weight excluding hydrogens is 472 g/mol. The maximum atomic E-state index is 12.6. The van der Waals surface area contributed by atoms with E-state index in [1.165, 1.54) is 18.2 Å². The predicted octanol–water partition coefficient (Wildman–Crippen LogP) is 3.26. The smallest absolute Gasteiger partial charge is 0.335 e. The predicted molar refractivity (Wildman–Crippen MR) is 140 cm³/mol. The molecule has 0 aliphatic heterocycles. The van der Waals surface area contributed by atoms with Gasteiger partial charge in [0.2, 0.25) is 5.91 Å². The summed E-state index contributed by atoms with van der Waals surface area (Å²) in [5.41, 5.74) is 3.96. The van der Waals surface area contributed by atoms with E-state index in [1.54, 1.807) is 24.3 Å². The summed E-state index contributed by atoms with van der Waals surface area (Å²) in [7, 11) is 0. The van der Waals surface area contributed by atoms with E-state index >= 15 is 0 Å². The number of hydrogen-bond acceptors (Lipinski definition) is 6. The van der Waals surface area contributed by atoms with Crippen LogP contribution in [0.1, 0.15) is 64.2 Å². The average molecular weight is 507 g/mol. The molecule has 6 N–H and O–H groups in total. The molecule has 1 amide bonds. The highest BCUT2D eigenvalue weighted by Crippen LogP contribution is 2.22. The van der Waals surface area contributed by atoms with Gasteiger partial charge < -0.3 is 31.1 Å². The zero-order valence-electron chi connectivity index (χ0n) is 21.0. The van der Waals surface area contributed by atoms with Crippen LogP contribution >= 0.6 is 0 Å². The minimum absolute atomic E-state index is 0.00260. The van der Waals surface area contributed by atoms with Gasteiger partial charge in [-0.15, -0.1) is 0 Å². The number of aliphatic hydroxyl groups excluding tert-OH is 2. The summed E-state index contributed by atoms with van der Waals surface area (Å²) in [6, 6.07) is 18.7. The third kappa shape index (κ3) is 8.15. The van der Waals surface area contributed by atoms with Crippen molar-refractivity contribution < 1.29 is 30.0 Å². The van der Waals surface area contributed by atoms with Gasteiger partial charge in [-0.2, -0.15) is 0 Å². The Balaban J connectivity index is 1.50. The van der Waals surface area contributed by atoms with Gasteiger partial charge in [-0.1, -0.05) is 42.5 Å². The summed E-state index contributed by atoms with van der Waals surface area (Å²) >= 11 is 0. The van der Waals surface area contributed by atoms with Crippen molar-refractivity contribution in [3.05, 3.63) is 100 Å². The normalized spacial score (nSPS) is 13.5. The standard InChI is InChI=1S/C29H34N2O6/c1-18(30-16-27(34)24-10-11-26(33)25(15-24)17-32)12-20-4-3-5-21(13-20)14-28(35)31-19(2)22-6-8-23(9-7-22)29(36)37/h3-11,13,15,18-19,27,30,32-34H,12,14,16-17H2,1-2H3,(H,31,35)(H,36,37)/t18-,19-,27+/m1/s1. The van der Waals surface area contributed by atoms with Crippen molar-refractivity contribution in [2.45, 2.75) is 51.5 Å². The molecule has 0 fully saturated rings. The maximum absolute atomic E-state index is 12.6. The van der Waals surface area contributed by atoms with E-state index in [-0.39, 0.29) is 42.3 Å². The number of carboxylic acids is 1. The fourth-order valence-electron chi connectivity index (χ4n) is 4.14. The molecule has 0 heterocycles. The topological polar surface area (TPSA) is 139 Å². The Morgan fingerprint density at radius 2 is 1.59 bits per heavy atom. The van der Waals surface area contributed by atoms with Crippen LogP contribution in [-0.2, 0) is 24.2 Å². The number of aromatic hydroxyl groups is 1. The fraction of sp³-hybridized carbons (Fsp3) is 0.310. The van der Waals surface area contributed by atoms with E-state index in [0.717, 1.165) is 16.7 Å². The zero-order chi connectivity index (χ0) is 26.9. The first-order chi connectivity index (χ1) is 17.7. The molecule has 3 aromatic rings. The van der Waals surface area contributed by atoms with Gasteiger partial charge in [0.1, 0.15) is 5.75 Å². The first-order valence-corrected chi connectivity index (χ1v) is 12.2. The van der Waals surface area contributed by atoms with Crippen LogP contribution in [0, 0.1) is 0 Å². The lowest BCUT2D eigenvalue weighted by Crippen LogP contribution is -2.32. The summed E-state index contributed by atoms with van der Waals surface area (Å²) in [4.78, 5) is 23.6. The molecule has 3 rings (SSSR count). The third-order valence-electron chi connectivity index (χ3n) is 6.25. The largest absolute Gasteiger partial charge is 0.508 e. The van der Waals surface area contributed by atoms with Crippen LogP contribution in [0.4, 0.5) is 0 Å². The summed E-state index contributed by atoms with van der Waals surface area (Å²) in [6.07, 6.45) is 0.136. The Bertz CT molecular complexity index is 1210. The van der Waals surface area contributed by atoms with Crippen LogP contribution in [0.5, 0.6) is 5.75 Å². The van der Waals surface area contributed by atoms with Crippen molar-refractivity contribution >= 4 is 11.9 Å². The molecular formula is C29H34N2O6. The minimum Gasteiger partial charge on any atom is -0.508 e. The molecule has 0 aliphatic rings. The molecule has 0 saturated carbocycles. The maximum Gasteiger partial charge on any atom is 0.335 e. The lowest BCUT2D eigenvalue weighted by Gasteiger charge is -2.19. The Morgan fingerprint density at radius 3 is 2.27 bits per heavy atom. The van der Waals surface area contributed by atoms with E-state index in [9.17, 15) is 24.9 Å². The molecule has 8 heteroatoms. The van der Waals surface area contributed by atoms with Crippen LogP contribution in [0.3, 0.4) is 0 Å². The number of nitrogens with one attached hydrogen (secondary N) is 2. The molecule has 0 bridgehead atoms. The molecule has 0 spiro atoms. The van der Waals surface area contributed by atoms with Gasteiger partial charge in [-0.25, -0.2) is 4.79 Å². The molecule has 0 saturated heterocycles. The zero-order valence-corrected chi connectivity index (χ0v) is 21.0. The van der Waals surface area contributed by atoms with Gasteiger partial charge in [-0.05, 0) is 66.8 Å². The van der Waals surface area contributed by atoms with Crippen molar-refractivity contribution in [2.24, 2.45) is 0 Å². The van der Waals surface area contributed by atoms with Gasteiger partial charge in [0.05, 0.1) is 30.7 Å². The number of aromatic carboxylic acids is 1. The number of amides is 1. The van der Waals surface area contributed by atoms with E-state index in [0.29, 0.717) is 24.1 Å². The Morgan fingerprint density at radius 1 is 0.919 bits per heavy atom. The number of carbonyl (C=O) groups excluding carboxylic acids is 1. The number of carbonyl (C=O) groups is 2. The number of rotatable bonds is 12. The second kappa shape index (κ2) is 13.0. The van der Waals surface area contributed by atoms with Gasteiger partial charge in [0.25, 0.3) is 0 Å². The van der Waals surface area contributed by atoms with E-state index < -0.39 is 12.1 Å². The molecule has 0 radical (unpaired) electrons. The highest BCUT2D eigenvalue weighted by Gasteiger charge is 2.14. The Kier molecular flexibility index (Phi) is 9.79. The summed E-state index contributed by atoms with van der Waals surface area (Å²) in [5.74, 6) is -1.12. The number of benzene rings is 3. The first-order valence-electron chi connectivity index (χ1n) is 12.2. The summed E-state index contributed by atoms with van der Waals surface area (Å²) in [6.45, 7) is 3.88. The molecule has 196 valence electrons. The van der Waals surface area contributed by atoms with Gasteiger partial charge >= 0.3 is 5.97 Å². The molecule has 0 unspecified atom stereocenters. The van der Waals surface area contributed by atoms with Crippen LogP contribution < -0.4 is 10.6 Å². The highest BCUT2D eigenvalue weighted by molar-refractivity contribution is 5.87. The van der Waals surface area contributed by atoms with Crippen LogP contribution in [0.2, 0.25) is 0 Å². The van der Waals surface area contributed by atoms with Crippen LogP contribution in [-0.4, -0.2) is 44.9 Å². The third-order valence-corrected chi connectivity index (χ3v) is 6.25. The lowest BCUT2D eigenvalue weighted by atomic mass is 10.0. The van der Waals surface area contributed by atoms with Crippen LogP contribution in [0.25, 0.3) is 0 Å². The molecule has 3 atom stereocenters. The number of aliphatic hydroxyl groups is 2. The second-order valence-corrected chi connectivity index (χ2v) is 9.29. The monoisotopic (exact) mass is 506 g/mol. The summed E-state index contributed by atoms with van der Waals surface area (Å²) < 4.78 is 0. The van der Waals surface area contributed by atoms with Crippen molar-refractivity contribution in [2.75, 3.05) is 6.54 Å². The highest BCUT2D eigenvalue weighted by atomic mass is 16.4. The SMILES string of the molecule is C[C@H](Cc1cccc(CC(=O)N[C@H](C)c2ccc(C(=O)O)cc2)c1)NC[C@H](O)c1ccc(O)c(CO)c1. The molecule has 0 aliphatic carbocycles. The fourth-order valence-corrected chi connectivity index (χ4v) is 4.14. The Labute approximate surface area is 216 Å². The van der Waals surface area contributed by atoms with Crippen molar-refractivity contribution in [1.82, 2.24) is 10.6 Å². The first kappa shape index (κ1) is 27.9. The van der Waals surface area contributed by atoms with Crippen molar-refractivity contribution in [3.8, 4) is 5.75 Å². The van der Waals surface area contributed by atoms with Crippen molar-refractivity contribution in [1.29, 1.82) is 0 Å². The molecule has 0 aromatic heterocycles. The van der Waals surface area contributed by atoms with E-state index in [4.69, 9.17) is 5.11 Å². The number of carboxylic acid groups (broad SMARTS) is 1. The van der Waals surface area contributed by atoms with E-state index in [2.05, 4.69) is 10.6 Å². The van der Waals surface area contributed by atoms with Crippen molar-refractivity contribution in [3.63, 3.8) is 0 Å².